The number of carbonyl (C=O) groups is 2. The van der Waals surface area contributed by atoms with Crippen LogP contribution in [0.3, 0.4) is 0 Å². The second kappa shape index (κ2) is 8.49. The van der Waals surface area contributed by atoms with E-state index in [9.17, 15) is 9.59 Å². The number of benzene rings is 1. The molecule has 2 aromatic heterocycles. The molecular weight excluding hydrogens is 378 g/mol. The van der Waals surface area contributed by atoms with Gasteiger partial charge in [-0.25, -0.2) is 4.98 Å². The van der Waals surface area contributed by atoms with Gasteiger partial charge in [-0.05, 0) is 30.2 Å². The number of rotatable bonds is 5. The van der Waals surface area contributed by atoms with E-state index < -0.39 is 0 Å². The second-order valence-electron chi connectivity index (χ2n) is 7.60. The molecule has 154 valence electrons. The maximum Gasteiger partial charge on any atom is 0.255 e. The standard InChI is InChI=1S/C23H25N5O2/c1-16(29)27(2)20-10-12-28(15-20)23(30)19-8-9-21(26-14-19)25-13-18-6-3-5-17-7-4-11-24-22(17)18/h3-9,11,14,20H,10,12-13,15H2,1-2H3,(H,25,26)/t20-/m0/s1. The van der Waals surface area contributed by atoms with Crippen LogP contribution in [0.25, 0.3) is 10.9 Å². The molecule has 1 aromatic carbocycles. The summed E-state index contributed by atoms with van der Waals surface area (Å²) in [4.78, 5) is 36.7. The summed E-state index contributed by atoms with van der Waals surface area (Å²) in [6.07, 6.45) is 4.20. The lowest BCUT2D eigenvalue weighted by Gasteiger charge is -2.23. The zero-order valence-corrected chi connectivity index (χ0v) is 17.2. The molecule has 7 heteroatoms. The van der Waals surface area contributed by atoms with Crippen LogP contribution in [0.2, 0.25) is 0 Å². The fourth-order valence-corrected chi connectivity index (χ4v) is 3.80. The van der Waals surface area contributed by atoms with Crippen molar-refractivity contribution in [2.24, 2.45) is 0 Å². The quantitative estimate of drug-likeness (QED) is 0.709. The number of likely N-dealkylation sites (tertiary alicyclic amines) is 1. The third-order valence-corrected chi connectivity index (χ3v) is 5.68. The van der Waals surface area contributed by atoms with Gasteiger partial charge in [0, 0.05) is 51.4 Å². The largest absolute Gasteiger partial charge is 0.366 e. The van der Waals surface area contributed by atoms with Crippen LogP contribution in [-0.4, -0.2) is 57.8 Å². The number of anilines is 1. The van der Waals surface area contributed by atoms with E-state index in [1.54, 1.807) is 42.2 Å². The van der Waals surface area contributed by atoms with Gasteiger partial charge in [-0.1, -0.05) is 24.3 Å². The smallest absolute Gasteiger partial charge is 0.255 e. The first-order valence-electron chi connectivity index (χ1n) is 10.1. The topological polar surface area (TPSA) is 78.4 Å². The molecule has 1 saturated heterocycles. The summed E-state index contributed by atoms with van der Waals surface area (Å²) in [6, 6.07) is 13.8. The van der Waals surface area contributed by atoms with Crippen molar-refractivity contribution in [2.75, 3.05) is 25.5 Å². The number of amides is 2. The first-order valence-corrected chi connectivity index (χ1v) is 10.1. The predicted octanol–water partition coefficient (Wildman–Crippen LogP) is 2.93. The number of nitrogens with zero attached hydrogens (tertiary/aromatic N) is 4. The molecule has 3 heterocycles. The van der Waals surface area contributed by atoms with Crippen molar-refractivity contribution >= 4 is 28.5 Å². The number of nitrogens with one attached hydrogen (secondary N) is 1. The van der Waals surface area contributed by atoms with Gasteiger partial charge in [0.25, 0.3) is 5.91 Å². The van der Waals surface area contributed by atoms with Crippen LogP contribution in [0, 0.1) is 0 Å². The minimum atomic E-state index is -0.0493. The summed E-state index contributed by atoms with van der Waals surface area (Å²) in [6.45, 7) is 3.35. The molecular formula is C23H25N5O2. The van der Waals surface area contributed by atoms with Crippen molar-refractivity contribution in [3.05, 3.63) is 66.0 Å². The Morgan fingerprint density at radius 3 is 2.77 bits per heavy atom. The van der Waals surface area contributed by atoms with E-state index in [4.69, 9.17) is 0 Å². The molecule has 0 bridgehead atoms. The highest BCUT2D eigenvalue weighted by molar-refractivity contribution is 5.94. The summed E-state index contributed by atoms with van der Waals surface area (Å²) in [5.74, 6) is 0.676. The summed E-state index contributed by atoms with van der Waals surface area (Å²) in [5, 5.41) is 4.40. The van der Waals surface area contributed by atoms with Gasteiger partial charge in [0.15, 0.2) is 0 Å². The van der Waals surface area contributed by atoms with Crippen molar-refractivity contribution in [1.82, 2.24) is 19.8 Å². The minimum Gasteiger partial charge on any atom is -0.366 e. The van der Waals surface area contributed by atoms with E-state index in [-0.39, 0.29) is 17.9 Å². The Labute approximate surface area is 175 Å². The first-order chi connectivity index (χ1) is 14.5. The summed E-state index contributed by atoms with van der Waals surface area (Å²) in [7, 11) is 1.79. The normalized spacial score (nSPS) is 15.9. The predicted molar refractivity (Wildman–Crippen MR) is 116 cm³/mol. The molecule has 1 atom stereocenters. The van der Waals surface area contributed by atoms with Crippen molar-refractivity contribution in [3.8, 4) is 0 Å². The molecule has 4 rings (SSSR count). The number of likely N-dealkylation sites (N-methyl/N-ethyl adjacent to an activating group) is 1. The van der Waals surface area contributed by atoms with Crippen LogP contribution in [0.5, 0.6) is 0 Å². The summed E-state index contributed by atoms with van der Waals surface area (Å²) < 4.78 is 0. The van der Waals surface area contributed by atoms with Crippen molar-refractivity contribution in [2.45, 2.75) is 25.9 Å². The van der Waals surface area contributed by atoms with Crippen molar-refractivity contribution in [1.29, 1.82) is 0 Å². The van der Waals surface area contributed by atoms with Crippen LogP contribution in [0.4, 0.5) is 5.82 Å². The molecule has 0 unspecified atom stereocenters. The first kappa shape index (κ1) is 19.8. The molecule has 0 aliphatic carbocycles. The maximum atomic E-state index is 12.8. The van der Waals surface area contributed by atoms with Crippen LogP contribution in [-0.2, 0) is 11.3 Å². The minimum absolute atomic E-state index is 0.0211. The van der Waals surface area contributed by atoms with Gasteiger partial charge in [-0.3, -0.25) is 14.6 Å². The number of para-hydroxylation sites is 1. The molecule has 1 fully saturated rings. The number of aromatic nitrogens is 2. The summed E-state index contributed by atoms with van der Waals surface area (Å²) in [5.41, 5.74) is 2.62. The Bertz CT molecular complexity index is 1060. The zero-order valence-electron chi connectivity index (χ0n) is 17.2. The second-order valence-corrected chi connectivity index (χ2v) is 7.60. The Kier molecular flexibility index (Phi) is 5.61. The fraction of sp³-hybridized carbons (Fsp3) is 0.304. The highest BCUT2D eigenvalue weighted by Crippen LogP contribution is 2.19. The Hall–Kier alpha value is -3.48. The van der Waals surface area contributed by atoms with Crippen LogP contribution in [0.1, 0.15) is 29.3 Å². The zero-order chi connectivity index (χ0) is 21.1. The monoisotopic (exact) mass is 403 g/mol. The molecule has 1 N–H and O–H groups in total. The average Bonchev–Trinajstić information content (AvgIpc) is 3.27. The molecule has 1 aliphatic heterocycles. The Balaban J connectivity index is 1.38. The fourth-order valence-electron chi connectivity index (χ4n) is 3.80. The Morgan fingerprint density at radius 2 is 2.00 bits per heavy atom. The van der Waals surface area contributed by atoms with Gasteiger partial charge in [-0.2, -0.15) is 0 Å². The molecule has 7 nitrogen and oxygen atoms in total. The lowest BCUT2D eigenvalue weighted by atomic mass is 10.1. The molecule has 30 heavy (non-hydrogen) atoms. The number of carbonyl (C=O) groups excluding carboxylic acids is 2. The third-order valence-electron chi connectivity index (χ3n) is 5.68. The van der Waals surface area contributed by atoms with Crippen LogP contribution >= 0.6 is 0 Å². The maximum absolute atomic E-state index is 12.8. The van der Waals surface area contributed by atoms with Crippen LogP contribution in [0.15, 0.2) is 54.9 Å². The Morgan fingerprint density at radius 1 is 1.17 bits per heavy atom. The van der Waals surface area contributed by atoms with E-state index in [2.05, 4.69) is 15.3 Å². The number of fused-ring (bicyclic) bond motifs is 1. The summed E-state index contributed by atoms with van der Waals surface area (Å²) >= 11 is 0. The number of pyridine rings is 2. The van der Waals surface area contributed by atoms with Gasteiger partial charge in [0.1, 0.15) is 5.82 Å². The lowest BCUT2D eigenvalue weighted by molar-refractivity contribution is -0.129. The van der Waals surface area contributed by atoms with Gasteiger partial charge in [0.2, 0.25) is 5.91 Å². The lowest BCUT2D eigenvalue weighted by Crippen LogP contribution is -2.38. The van der Waals surface area contributed by atoms with E-state index in [0.29, 0.717) is 31.0 Å². The highest BCUT2D eigenvalue weighted by Gasteiger charge is 2.30. The third kappa shape index (κ3) is 4.10. The van der Waals surface area contributed by atoms with Gasteiger partial charge in [-0.15, -0.1) is 0 Å². The molecule has 0 radical (unpaired) electrons. The highest BCUT2D eigenvalue weighted by atomic mass is 16.2. The van der Waals surface area contributed by atoms with E-state index >= 15 is 0 Å². The molecule has 1 aliphatic rings. The van der Waals surface area contributed by atoms with E-state index in [0.717, 1.165) is 22.9 Å². The van der Waals surface area contributed by atoms with Crippen LogP contribution < -0.4 is 5.32 Å². The van der Waals surface area contributed by atoms with E-state index in [1.165, 1.54) is 0 Å². The average molecular weight is 403 g/mol. The molecule has 0 saturated carbocycles. The van der Waals surface area contributed by atoms with Gasteiger partial charge in [0.05, 0.1) is 17.1 Å². The SMILES string of the molecule is CC(=O)N(C)[C@H]1CCN(C(=O)c2ccc(NCc3cccc4cccnc34)nc2)C1. The molecule has 3 aromatic rings. The molecule has 0 spiro atoms. The molecule has 2 amide bonds. The number of hydrogen-bond donors (Lipinski definition) is 1. The van der Waals surface area contributed by atoms with Gasteiger partial charge < -0.3 is 15.1 Å². The van der Waals surface area contributed by atoms with Crippen molar-refractivity contribution in [3.63, 3.8) is 0 Å². The van der Waals surface area contributed by atoms with E-state index in [1.807, 2.05) is 36.4 Å². The van der Waals surface area contributed by atoms with Crippen molar-refractivity contribution < 1.29 is 9.59 Å². The number of hydrogen-bond acceptors (Lipinski definition) is 5. The van der Waals surface area contributed by atoms with Gasteiger partial charge >= 0.3 is 0 Å².